The molecule has 3 aromatic rings. The van der Waals surface area contributed by atoms with Gasteiger partial charge in [-0.05, 0) is 41.8 Å². The van der Waals surface area contributed by atoms with Gasteiger partial charge < -0.3 is 4.57 Å². The molecule has 0 saturated heterocycles. The fraction of sp³-hybridized carbons (Fsp3) is 0.158. The van der Waals surface area contributed by atoms with E-state index in [0.29, 0.717) is 10.4 Å². The van der Waals surface area contributed by atoms with Crippen LogP contribution in [0.5, 0.6) is 0 Å². The smallest absolute Gasteiger partial charge is 0.272 e. The summed E-state index contributed by atoms with van der Waals surface area (Å²) in [6.45, 7) is 2.10. The Morgan fingerprint density at radius 3 is 2.65 bits per heavy atom. The number of aromatic nitrogens is 1. The molecule has 0 unspecified atom stereocenters. The number of benzene rings is 2. The third-order valence-corrected chi connectivity index (χ3v) is 5.11. The number of aryl methyl sites for hydroxylation is 2. The number of non-ortho nitro benzene ring substituents is 1. The van der Waals surface area contributed by atoms with Crippen molar-refractivity contribution in [3.63, 3.8) is 0 Å². The van der Waals surface area contributed by atoms with Crippen molar-refractivity contribution in [1.82, 2.24) is 4.57 Å². The van der Waals surface area contributed by atoms with Crippen LogP contribution in [0.1, 0.15) is 18.1 Å². The Bertz CT molecular complexity index is 1080. The molecule has 0 aliphatic heterocycles. The number of fused-ring (bicyclic) bond motifs is 1. The minimum absolute atomic E-state index is 0.0159. The Hall–Kier alpha value is -3.06. The number of nitro groups is 1. The number of para-hydroxylation sites is 1. The Morgan fingerprint density at radius 2 is 2.00 bits per heavy atom. The van der Waals surface area contributed by atoms with E-state index < -0.39 is 4.92 Å². The lowest BCUT2D eigenvalue weighted by Crippen LogP contribution is -2.12. The van der Waals surface area contributed by atoms with Crippen LogP contribution in [-0.2, 0) is 18.3 Å². The minimum Gasteiger partial charge on any atom is -0.319 e. The molecule has 2 aromatic carbocycles. The van der Waals surface area contributed by atoms with Gasteiger partial charge in [0, 0.05) is 25.3 Å². The maximum atomic E-state index is 12.2. The summed E-state index contributed by atoms with van der Waals surface area (Å²) < 4.78 is 3.04. The zero-order valence-electron chi connectivity index (χ0n) is 14.4. The molecule has 3 rings (SSSR count). The van der Waals surface area contributed by atoms with E-state index in [2.05, 4.69) is 18.0 Å². The molecule has 0 aliphatic rings. The molecular weight excluding hydrogens is 350 g/mol. The number of rotatable bonds is 4. The van der Waals surface area contributed by atoms with E-state index in [-0.39, 0.29) is 11.6 Å². The number of nitro benzene ring substituents is 1. The quantitative estimate of drug-likeness (QED) is 0.399. The molecule has 6 nitrogen and oxygen atoms in total. The summed E-state index contributed by atoms with van der Waals surface area (Å²) in [4.78, 5) is 27.2. The molecule has 0 atom stereocenters. The van der Waals surface area contributed by atoms with Gasteiger partial charge in [-0.25, -0.2) is 0 Å². The van der Waals surface area contributed by atoms with E-state index in [0.717, 1.165) is 16.6 Å². The largest absolute Gasteiger partial charge is 0.319 e. The van der Waals surface area contributed by atoms with Crippen molar-refractivity contribution in [2.75, 3.05) is 0 Å². The van der Waals surface area contributed by atoms with Crippen molar-refractivity contribution < 1.29 is 9.72 Å². The fourth-order valence-corrected chi connectivity index (χ4v) is 3.75. The molecular formula is C19H17N3O3S. The van der Waals surface area contributed by atoms with Crippen LogP contribution in [0.25, 0.3) is 16.3 Å². The topological polar surface area (TPSA) is 77.5 Å². The van der Waals surface area contributed by atoms with Gasteiger partial charge in [-0.15, -0.1) is 0 Å². The van der Waals surface area contributed by atoms with Crippen molar-refractivity contribution in [2.45, 2.75) is 13.3 Å². The molecule has 0 spiro atoms. The molecule has 132 valence electrons. The fourth-order valence-electron chi connectivity index (χ4n) is 2.68. The number of carbonyl (C=O) groups is 1. The van der Waals surface area contributed by atoms with Crippen molar-refractivity contribution in [3.05, 3.63) is 74.6 Å². The van der Waals surface area contributed by atoms with Gasteiger partial charge in [0.1, 0.15) is 0 Å². The van der Waals surface area contributed by atoms with Gasteiger partial charge in [0.25, 0.3) is 11.6 Å². The van der Waals surface area contributed by atoms with Gasteiger partial charge in [-0.1, -0.05) is 30.4 Å². The Balaban J connectivity index is 1.88. The molecule has 0 saturated carbocycles. The van der Waals surface area contributed by atoms with Crippen LogP contribution in [0.4, 0.5) is 5.69 Å². The number of hydrogen-bond acceptors (Lipinski definition) is 4. The van der Waals surface area contributed by atoms with Gasteiger partial charge in [0.15, 0.2) is 4.80 Å². The van der Waals surface area contributed by atoms with Crippen LogP contribution in [0.3, 0.4) is 0 Å². The first-order chi connectivity index (χ1) is 12.5. The molecule has 26 heavy (non-hydrogen) atoms. The second-order valence-electron chi connectivity index (χ2n) is 5.69. The van der Waals surface area contributed by atoms with Crippen molar-refractivity contribution >= 4 is 39.2 Å². The third kappa shape index (κ3) is 3.62. The summed E-state index contributed by atoms with van der Waals surface area (Å²) >= 11 is 1.48. The maximum absolute atomic E-state index is 12.2. The predicted octanol–water partition coefficient (Wildman–Crippen LogP) is 3.85. The first-order valence-electron chi connectivity index (χ1n) is 8.08. The summed E-state index contributed by atoms with van der Waals surface area (Å²) in [5.41, 5.74) is 3.04. The first-order valence-corrected chi connectivity index (χ1v) is 8.90. The monoisotopic (exact) mass is 367 g/mol. The van der Waals surface area contributed by atoms with Gasteiger partial charge in [-0.3, -0.25) is 14.9 Å². The molecule has 0 N–H and O–H groups in total. The van der Waals surface area contributed by atoms with Gasteiger partial charge >= 0.3 is 0 Å². The molecule has 0 bridgehead atoms. The summed E-state index contributed by atoms with van der Waals surface area (Å²) in [6, 6.07) is 12.1. The Labute approximate surface area is 153 Å². The highest BCUT2D eigenvalue weighted by Gasteiger charge is 2.07. The highest BCUT2D eigenvalue weighted by molar-refractivity contribution is 7.16. The Morgan fingerprint density at radius 1 is 1.27 bits per heavy atom. The van der Waals surface area contributed by atoms with Crippen LogP contribution in [0.15, 0.2) is 53.5 Å². The Kier molecular flexibility index (Phi) is 5.09. The predicted molar refractivity (Wildman–Crippen MR) is 103 cm³/mol. The van der Waals surface area contributed by atoms with Gasteiger partial charge in [0.05, 0.1) is 15.1 Å². The van der Waals surface area contributed by atoms with Crippen molar-refractivity contribution in [3.8, 4) is 0 Å². The number of amides is 1. The average Bonchev–Trinajstić information content (AvgIpc) is 2.96. The maximum Gasteiger partial charge on any atom is 0.272 e. The zero-order chi connectivity index (χ0) is 18.7. The van der Waals surface area contributed by atoms with E-state index in [1.807, 2.05) is 23.7 Å². The van der Waals surface area contributed by atoms with Crippen LogP contribution in [0, 0.1) is 10.1 Å². The number of carbonyl (C=O) groups excluding carboxylic acids is 1. The number of thiazole rings is 1. The van der Waals surface area contributed by atoms with E-state index >= 15 is 0 Å². The van der Waals surface area contributed by atoms with Crippen molar-refractivity contribution in [2.24, 2.45) is 12.0 Å². The molecule has 1 heterocycles. The molecule has 1 aromatic heterocycles. The third-order valence-electron chi connectivity index (χ3n) is 4.02. The van der Waals surface area contributed by atoms with Crippen LogP contribution < -0.4 is 4.80 Å². The lowest BCUT2D eigenvalue weighted by molar-refractivity contribution is -0.384. The second-order valence-corrected chi connectivity index (χ2v) is 6.70. The number of hydrogen-bond donors (Lipinski definition) is 0. The van der Waals surface area contributed by atoms with Gasteiger partial charge in [-0.2, -0.15) is 4.99 Å². The van der Waals surface area contributed by atoms with Crippen LogP contribution >= 0.6 is 11.3 Å². The van der Waals surface area contributed by atoms with Crippen LogP contribution in [-0.4, -0.2) is 15.4 Å². The van der Waals surface area contributed by atoms with E-state index in [1.165, 1.54) is 35.1 Å². The second kappa shape index (κ2) is 7.45. The van der Waals surface area contributed by atoms with E-state index in [1.54, 1.807) is 18.2 Å². The summed E-state index contributed by atoms with van der Waals surface area (Å²) in [5.74, 6) is -0.372. The standard InChI is InChI=1S/C19H17N3O3S/c1-3-14-5-4-6-16-18(14)21(2)19(26-16)20-17(23)12-9-13-7-10-15(11-8-13)22(24)25/h4-12H,3H2,1-2H3. The first kappa shape index (κ1) is 17.8. The zero-order valence-corrected chi connectivity index (χ0v) is 15.2. The van der Waals surface area contributed by atoms with Crippen LogP contribution in [0.2, 0.25) is 0 Å². The summed E-state index contributed by atoms with van der Waals surface area (Å²) in [5, 5.41) is 10.7. The highest BCUT2D eigenvalue weighted by Crippen LogP contribution is 2.21. The van der Waals surface area contributed by atoms with E-state index in [4.69, 9.17) is 0 Å². The molecule has 0 radical (unpaired) electrons. The minimum atomic E-state index is -0.458. The SMILES string of the molecule is CCc1cccc2sc(=NC(=O)C=Cc3ccc([N+](=O)[O-])cc3)n(C)c12. The molecule has 0 aliphatic carbocycles. The lowest BCUT2D eigenvalue weighted by Gasteiger charge is -2.01. The normalized spacial score (nSPS) is 12.2. The molecule has 7 heteroatoms. The average molecular weight is 367 g/mol. The lowest BCUT2D eigenvalue weighted by atomic mass is 10.1. The number of nitrogens with zero attached hydrogens (tertiary/aromatic N) is 3. The summed E-state index contributed by atoms with van der Waals surface area (Å²) in [6.07, 6.45) is 3.88. The van der Waals surface area contributed by atoms with Gasteiger partial charge in [0.2, 0.25) is 0 Å². The summed E-state index contributed by atoms with van der Waals surface area (Å²) in [7, 11) is 1.91. The van der Waals surface area contributed by atoms with E-state index in [9.17, 15) is 14.9 Å². The highest BCUT2D eigenvalue weighted by atomic mass is 32.1. The molecule has 0 fully saturated rings. The van der Waals surface area contributed by atoms with Crippen molar-refractivity contribution in [1.29, 1.82) is 0 Å². The molecule has 1 amide bonds.